The predicted molar refractivity (Wildman–Crippen MR) is 134 cm³/mol. The van der Waals surface area contributed by atoms with Gasteiger partial charge in [-0.05, 0) is 55.0 Å². The Kier molecular flexibility index (Phi) is 6.88. The lowest BCUT2D eigenvalue weighted by Crippen LogP contribution is -2.56. The second-order valence-corrected chi connectivity index (χ2v) is 10.8. The van der Waals surface area contributed by atoms with Crippen molar-refractivity contribution in [3.05, 3.63) is 64.5 Å². The maximum Gasteiger partial charge on any atom is 0.273 e. The highest BCUT2D eigenvalue weighted by Crippen LogP contribution is 2.33. The minimum absolute atomic E-state index is 0.0476. The van der Waals surface area contributed by atoms with E-state index in [0.717, 1.165) is 61.6 Å². The van der Waals surface area contributed by atoms with E-state index in [1.807, 2.05) is 50.9 Å². The summed E-state index contributed by atoms with van der Waals surface area (Å²) in [6.45, 7) is 2.31. The van der Waals surface area contributed by atoms with E-state index in [0.29, 0.717) is 18.0 Å². The minimum Gasteiger partial charge on any atom is -0.342 e. The van der Waals surface area contributed by atoms with Crippen LogP contribution in [0.15, 0.2) is 53.2 Å². The average Bonchev–Trinajstić information content (AvgIpc) is 3.56. The summed E-state index contributed by atoms with van der Waals surface area (Å²) in [6, 6.07) is 14.6. The fourth-order valence-corrected chi connectivity index (χ4v) is 6.77. The summed E-state index contributed by atoms with van der Waals surface area (Å²) in [5, 5.41) is 4.84. The van der Waals surface area contributed by atoms with E-state index in [2.05, 4.69) is 17.1 Å². The number of hydrogen-bond donors (Lipinski definition) is 0. The maximum atomic E-state index is 13.3. The predicted octanol–water partition coefficient (Wildman–Crippen LogP) is 5.35. The second kappa shape index (κ2) is 10.2. The van der Waals surface area contributed by atoms with Crippen LogP contribution >= 0.6 is 22.7 Å². The first-order valence-electron chi connectivity index (χ1n) is 11.8. The van der Waals surface area contributed by atoms with Crippen molar-refractivity contribution in [2.45, 2.75) is 44.6 Å². The van der Waals surface area contributed by atoms with Gasteiger partial charge in [0.15, 0.2) is 0 Å². The Balaban J connectivity index is 1.17. The number of aromatic nitrogens is 1. The van der Waals surface area contributed by atoms with Crippen molar-refractivity contribution in [3.63, 3.8) is 0 Å². The van der Waals surface area contributed by atoms with Crippen molar-refractivity contribution in [2.75, 3.05) is 19.6 Å². The summed E-state index contributed by atoms with van der Waals surface area (Å²) in [5.41, 5.74) is 1.85. The van der Waals surface area contributed by atoms with Gasteiger partial charge in [0.1, 0.15) is 10.7 Å². The van der Waals surface area contributed by atoms with Gasteiger partial charge in [0.25, 0.3) is 5.91 Å². The van der Waals surface area contributed by atoms with Crippen LogP contribution in [0.5, 0.6) is 0 Å². The third-order valence-electron chi connectivity index (χ3n) is 6.84. The number of hydrogen-bond acceptors (Lipinski definition) is 5. The summed E-state index contributed by atoms with van der Waals surface area (Å²) < 4.78 is 0. The standard InChI is InChI=1S/C26H29N3O2S2/c30-24(12-4-9-19-7-2-1-3-8-19)28-15-13-22-20(17-28)10-5-14-29(22)26(31)21-18-33-25(27-21)23-11-6-16-32-23/h1-3,6-8,11,16,18,20,22H,4-5,9-10,12-15,17H2/t20-,22+/m1/s1. The molecule has 0 bridgehead atoms. The number of amides is 2. The van der Waals surface area contributed by atoms with Crippen molar-refractivity contribution < 1.29 is 9.59 Å². The number of fused-ring (bicyclic) bond motifs is 1. The molecular formula is C26H29N3O2S2. The zero-order valence-electron chi connectivity index (χ0n) is 18.7. The number of carbonyl (C=O) groups is 2. The number of aryl methyl sites for hydroxylation is 1. The van der Waals surface area contributed by atoms with Crippen molar-refractivity contribution in [1.29, 1.82) is 0 Å². The molecule has 2 fully saturated rings. The molecule has 0 radical (unpaired) electrons. The Bertz CT molecular complexity index is 1080. The number of piperidine rings is 2. The summed E-state index contributed by atoms with van der Waals surface area (Å²) in [4.78, 5) is 36.0. The van der Waals surface area contributed by atoms with Gasteiger partial charge in [0.05, 0.1) is 4.88 Å². The van der Waals surface area contributed by atoms with Gasteiger partial charge in [-0.25, -0.2) is 4.98 Å². The van der Waals surface area contributed by atoms with Crippen LogP contribution in [0.3, 0.4) is 0 Å². The summed E-state index contributed by atoms with van der Waals surface area (Å²) in [5.74, 6) is 0.671. The van der Waals surface area contributed by atoms with Gasteiger partial charge in [-0.15, -0.1) is 22.7 Å². The van der Waals surface area contributed by atoms with Crippen LogP contribution < -0.4 is 0 Å². The number of thiophene rings is 1. The Hall–Kier alpha value is -2.51. The Labute approximate surface area is 203 Å². The van der Waals surface area contributed by atoms with Crippen LogP contribution in [0.4, 0.5) is 0 Å². The van der Waals surface area contributed by atoms with Crippen LogP contribution in [0.2, 0.25) is 0 Å². The molecule has 5 nitrogen and oxygen atoms in total. The SMILES string of the molecule is O=C(CCCc1ccccc1)N1CC[C@H]2[C@H](CCCN2C(=O)c2csc(-c3cccs3)n2)C1. The first-order chi connectivity index (χ1) is 16.2. The molecule has 0 aliphatic carbocycles. The first-order valence-corrected chi connectivity index (χ1v) is 13.6. The lowest BCUT2D eigenvalue weighted by molar-refractivity contribution is -0.134. The molecule has 2 aromatic heterocycles. The molecule has 2 atom stereocenters. The number of likely N-dealkylation sites (tertiary alicyclic amines) is 2. The highest BCUT2D eigenvalue weighted by Gasteiger charge is 2.39. The van der Waals surface area contributed by atoms with Gasteiger partial charge >= 0.3 is 0 Å². The van der Waals surface area contributed by atoms with Crippen LogP contribution in [-0.4, -0.2) is 52.3 Å². The summed E-state index contributed by atoms with van der Waals surface area (Å²) in [7, 11) is 0. The number of carbonyl (C=O) groups excluding carboxylic acids is 2. The third kappa shape index (κ3) is 5.04. The van der Waals surface area contributed by atoms with E-state index in [1.54, 1.807) is 11.3 Å². The fourth-order valence-electron chi connectivity index (χ4n) is 5.16. The smallest absolute Gasteiger partial charge is 0.273 e. The molecule has 2 saturated heterocycles. The lowest BCUT2D eigenvalue weighted by atomic mass is 9.83. The number of rotatable bonds is 6. The van der Waals surface area contributed by atoms with Crippen molar-refractivity contribution in [3.8, 4) is 9.88 Å². The fraction of sp³-hybridized carbons (Fsp3) is 0.423. The van der Waals surface area contributed by atoms with E-state index in [1.165, 1.54) is 16.9 Å². The molecule has 0 saturated carbocycles. The van der Waals surface area contributed by atoms with Crippen molar-refractivity contribution >= 4 is 34.5 Å². The Morgan fingerprint density at radius 1 is 1.03 bits per heavy atom. The lowest BCUT2D eigenvalue weighted by Gasteiger charge is -2.47. The summed E-state index contributed by atoms with van der Waals surface area (Å²) in [6.07, 6.45) is 5.36. The highest BCUT2D eigenvalue weighted by atomic mass is 32.1. The van der Waals surface area contributed by atoms with Gasteiger partial charge in [-0.1, -0.05) is 36.4 Å². The highest BCUT2D eigenvalue weighted by molar-refractivity contribution is 7.20. The van der Waals surface area contributed by atoms with E-state index < -0.39 is 0 Å². The quantitative estimate of drug-likeness (QED) is 0.479. The average molecular weight is 480 g/mol. The summed E-state index contributed by atoms with van der Waals surface area (Å²) >= 11 is 3.19. The monoisotopic (exact) mass is 479 g/mol. The van der Waals surface area contributed by atoms with Gasteiger partial charge in [0.2, 0.25) is 5.91 Å². The van der Waals surface area contributed by atoms with Gasteiger partial charge in [-0.3, -0.25) is 9.59 Å². The van der Waals surface area contributed by atoms with Gasteiger partial charge in [0, 0.05) is 37.5 Å². The van der Waals surface area contributed by atoms with E-state index in [4.69, 9.17) is 0 Å². The molecule has 172 valence electrons. The van der Waals surface area contributed by atoms with Crippen LogP contribution in [-0.2, 0) is 11.2 Å². The molecule has 2 amide bonds. The zero-order valence-corrected chi connectivity index (χ0v) is 20.3. The van der Waals surface area contributed by atoms with Crippen LogP contribution in [0, 0.1) is 5.92 Å². The molecule has 2 aliphatic heterocycles. The molecule has 0 spiro atoms. The molecule has 7 heteroatoms. The molecule has 0 unspecified atom stereocenters. The largest absolute Gasteiger partial charge is 0.342 e. The van der Waals surface area contributed by atoms with Gasteiger partial charge < -0.3 is 9.80 Å². The van der Waals surface area contributed by atoms with Crippen LogP contribution in [0.1, 0.15) is 48.2 Å². The zero-order chi connectivity index (χ0) is 22.6. The van der Waals surface area contributed by atoms with Crippen LogP contribution in [0.25, 0.3) is 9.88 Å². The number of nitrogens with zero attached hydrogens (tertiary/aromatic N) is 3. The van der Waals surface area contributed by atoms with E-state index >= 15 is 0 Å². The third-order valence-corrected chi connectivity index (χ3v) is 8.72. The number of benzene rings is 1. The molecule has 1 aromatic carbocycles. The first kappa shape index (κ1) is 22.3. The van der Waals surface area contributed by atoms with Crippen molar-refractivity contribution in [2.24, 2.45) is 5.92 Å². The molecule has 4 heterocycles. The molecular weight excluding hydrogens is 450 g/mol. The molecule has 5 rings (SSSR count). The number of thiazole rings is 1. The minimum atomic E-state index is 0.0476. The normalized spacial score (nSPS) is 20.5. The topological polar surface area (TPSA) is 53.5 Å². The van der Waals surface area contributed by atoms with E-state index in [-0.39, 0.29) is 17.9 Å². The Morgan fingerprint density at radius 2 is 1.91 bits per heavy atom. The molecule has 2 aliphatic rings. The van der Waals surface area contributed by atoms with E-state index in [9.17, 15) is 9.59 Å². The van der Waals surface area contributed by atoms with Gasteiger partial charge in [-0.2, -0.15) is 0 Å². The molecule has 0 N–H and O–H groups in total. The molecule has 33 heavy (non-hydrogen) atoms. The molecule has 3 aromatic rings. The second-order valence-electron chi connectivity index (χ2n) is 8.95. The maximum absolute atomic E-state index is 13.3. The Morgan fingerprint density at radius 3 is 2.73 bits per heavy atom. The van der Waals surface area contributed by atoms with Crippen molar-refractivity contribution in [1.82, 2.24) is 14.8 Å².